The highest BCUT2D eigenvalue weighted by atomic mass is 16.3. The molecule has 0 aliphatic rings. The predicted octanol–water partition coefficient (Wildman–Crippen LogP) is -1.78. The summed E-state index contributed by atoms with van der Waals surface area (Å²) >= 11 is 0. The van der Waals surface area contributed by atoms with Gasteiger partial charge in [-0.2, -0.15) is 0 Å². The lowest BCUT2D eigenvalue weighted by molar-refractivity contribution is -0.133. The molecule has 54 heavy (non-hydrogen) atoms. The number of primary amides is 1. The Morgan fingerprint density at radius 3 is 1.72 bits per heavy atom. The standard InChI is InChI=1S/C36H64N10O8/c37-14-2-5-16-40-21-12-33(51)43-19-7-6-17-41-22-13-32(50)42-18-3-1-4-20-44-35(53)29(25-31(39)49)46-36(54)28(9-8-15-38)45-34(52)23-26-10-11-27(47)24-30(26)48/h10-11,24,28-29,40-41,47-48H,1-9,12-23,25,37-38H2,(H2,39,49)(H,42,50)(H,43,51)(H,44,53)(H,45,52)(H,46,54). The fourth-order valence-corrected chi connectivity index (χ4v) is 5.21. The maximum atomic E-state index is 13.1. The fraction of sp³-hybridized carbons (Fsp3) is 0.667. The maximum absolute atomic E-state index is 13.1. The van der Waals surface area contributed by atoms with Crippen molar-refractivity contribution in [2.24, 2.45) is 17.2 Å². The van der Waals surface area contributed by atoms with Gasteiger partial charge in [-0.05, 0) is 90.0 Å². The summed E-state index contributed by atoms with van der Waals surface area (Å²) in [5, 5.41) is 39.5. The summed E-state index contributed by atoms with van der Waals surface area (Å²) in [5.74, 6) is -3.18. The summed E-state index contributed by atoms with van der Waals surface area (Å²) in [5.41, 5.74) is 16.6. The molecule has 0 aliphatic heterocycles. The highest BCUT2D eigenvalue weighted by Crippen LogP contribution is 2.22. The molecule has 6 amide bonds. The molecule has 15 N–H and O–H groups in total. The van der Waals surface area contributed by atoms with Gasteiger partial charge in [0.15, 0.2) is 0 Å². The third-order valence-electron chi connectivity index (χ3n) is 8.25. The average molecular weight is 765 g/mol. The monoisotopic (exact) mass is 764 g/mol. The van der Waals surface area contributed by atoms with Crippen molar-refractivity contribution >= 4 is 35.4 Å². The van der Waals surface area contributed by atoms with Gasteiger partial charge < -0.3 is 64.6 Å². The van der Waals surface area contributed by atoms with E-state index in [1.165, 1.54) is 12.1 Å². The molecule has 18 heteroatoms. The number of carbonyl (C=O) groups excluding carboxylic acids is 6. The van der Waals surface area contributed by atoms with Crippen molar-refractivity contribution in [1.29, 1.82) is 0 Å². The highest BCUT2D eigenvalue weighted by Gasteiger charge is 2.28. The third kappa shape index (κ3) is 23.9. The van der Waals surface area contributed by atoms with Gasteiger partial charge in [0, 0.05) is 57.2 Å². The summed E-state index contributed by atoms with van der Waals surface area (Å²) in [7, 11) is 0. The molecular weight excluding hydrogens is 700 g/mol. The molecule has 0 aromatic heterocycles. The first kappa shape index (κ1) is 47.5. The topological polar surface area (TPSA) is 305 Å². The Morgan fingerprint density at radius 1 is 0.593 bits per heavy atom. The molecule has 0 fully saturated rings. The molecule has 0 spiro atoms. The number of amides is 6. The lowest BCUT2D eigenvalue weighted by atomic mass is 10.1. The quantitative estimate of drug-likeness (QED) is 0.0363. The number of hydrogen-bond acceptors (Lipinski definition) is 12. The van der Waals surface area contributed by atoms with E-state index in [1.54, 1.807) is 0 Å². The molecule has 0 radical (unpaired) electrons. The lowest BCUT2D eigenvalue weighted by Crippen LogP contribution is -2.55. The minimum atomic E-state index is -1.27. The van der Waals surface area contributed by atoms with Crippen molar-refractivity contribution in [2.45, 2.75) is 95.6 Å². The Kier molecular flexibility index (Phi) is 26.3. The van der Waals surface area contributed by atoms with Crippen LogP contribution in [-0.4, -0.2) is 117 Å². The summed E-state index contributed by atoms with van der Waals surface area (Å²) in [6.45, 7) is 5.12. The first-order valence-corrected chi connectivity index (χ1v) is 19.0. The van der Waals surface area contributed by atoms with E-state index in [4.69, 9.17) is 17.2 Å². The van der Waals surface area contributed by atoms with E-state index in [-0.39, 0.29) is 54.8 Å². The minimum Gasteiger partial charge on any atom is -0.508 e. The molecule has 306 valence electrons. The van der Waals surface area contributed by atoms with Crippen LogP contribution in [0, 0.1) is 0 Å². The molecule has 1 aromatic carbocycles. The number of unbranched alkanes of at least 4 members (excludes halogenated alkanes) is 4. The first-order chi connectivity index (χ1) is 26.0. The molecule has 1 aromatic rings. The third-order valence-corrected chi connectivity index (χ3v) is 8.25. The van der Waals surface area contributed by atoms with E-state index in [9.17, 15) is 39.0 Å². The summed E-state index contributed by atoms with van der Waals surface area (Å²) in [6, 6.07) is 1.45. The van der Waals surface area contributed by atoms with E-state index in [0.717, 1.165) is 44.8 Å². The van der Waals surface area contributed by atoms with Crippen LogP contribution in [0.25, 0.3) is 0 Å². The Labute approximate surface area is 318 Å². The van der Waals surface area contributed by atoms with Gasteiger partial charge >= 0.3 is 0 Å². The van der Waals surface area contributed by atoms with E-state index >= 15 is 0 Å². The van der Waals surface area contributed by atoms with Crippen molar-refractivity contribution in [3.8, 4) is 11.5 Å². The largest absolute Gasteiger partial charge is 0.508 e. The van der Waals surface area contributed by atoms with E-state index in [1.807, 2.05) is 0 Å². The van der Waals surface area contributed by atoms with Crippen molar-refractivity contribution in [1.82, 2.24) is 37.2 Å². The second kappa shape index (κ2) is 29.9. The SMILES string of the molecule is NCCCCNCCC(=O)NCCCCNCCC(=O)NCCCCCNC(=O)C(CC(N)=O)NC(=O)C(CCCN)NC(=O)Cc1ccc(O)cc1O. The number of nitrogens with two attached hydrogens (primary N) is 3. The van der Waals surface area contributed by atoms with Gasteiger partial charge in [-0.15, -0.1) is 0 Å². The predicted molar refractivity (Wildman–Crippen MR) is 205 cm³/mol. The van der Waals surface area contributed by atoms with Gasteiger partial charge in [0.1, 0.15) is 23.6 Å². The number of benzene rings is 1. The number of carbonyl (C=O) groups is 6. The van der Waals surface area contributed by atoms with Crippen molar-refractivity contribution in [2.75, 3.05) is 58.9 Å². The van der Waals surface area contributed by atoms with Gasteiger partial charge in [-0.1, -0.05) is 6.07 Å². The number of nitrogens with one attached hydrogen (secondary N) is 7. The smallest absolute Gasteiger partial charge is 0.243 e. The number of phenolic OH excluding ortho intramolecular Hbond substituents is 2. The molecule has 0 bridgehead atoms. The zero-order valence-corrected chi connectivity index (χ0v) is 31.5. The molecule has 0 heterocycles. The minimum absolute atomic E-state index is 0.0343. The fourth-order valence-electron chi connectivity index (χ4n) is 5.21. The molecule has 0 saturated heterocycles. The Bertz CT molecular complexity index is 1290. The molecule has 18 nitrogen and oxygen atoms in total. The molecule has 1 rings (SSSR count). The van der Waals surface area contributed by atoms with Gasteiger partial charge in [0.2, 0.25) is 35.4 Å². The normalized spacial score (nSPS) is 12.0. The zero-order chi connectivity index (χ0) is 40.0. The Morgan fingerprint density at radius 2 is 1.15 bits per heavy atom. The molecule has 0 saturated carbocycles. The van der Waals surface area contributed by atoms with Crippen LogP contribution in [0.15, 0.2) is 18.2 Å². The van der Waals surface area contributed by atoms with E-state index in [2.05, 4.69) is 37.2 Å². The summed E-state index contributed by atoms with van der Waals surface area (Å²) in [4.78, 5) is 74.3. The number of rotatable bonds is 32. The molecular formula is C36H64N10O8. The molecule has 0 aliphatic carbocycles. The first-order valence-electron chi connectivity index (χ1n) is 19.0. The van der Waals surface area contributed by atoms with Crippen molar-refractivity contribution in [3.05, 3.63) is 23.8 Å². The van der Waals surface area contributed by atoms with Gasteiger partial charge in [0.05, 0.1) is 12.8 Å². The lowest BCUT2D eigenvalue weighted by Gasteiger charge is -2.22. The maximum Gasteiger partial charge on any atom is 0.243 e. The zero-order valence-electron chi connectivity index (χ0n) is 31.5. The van der Waals surface area contributed by atoms with Crippen LogP contribution < -0.4 is 54.4 Å². The second-order valence-corrected chi connectivity index (χ2v) is 13.0. The van der Waals surface area contributed by atoms with E-state index < -0.39 is 42.1 Å². The van der Waals surface area contributed by atoms with Crippen LogP contribution >= 0.6 is 0 Å². The van der Waals surface area contributed by atoms with Gasteiger partial charge in [0.25, 0.3) is 0 Å². The highest BCUT2D eigenvalue weighted by molar-refractivity contribution is 5.94. The van der Waals surface area contributed by atoms with E-state index in [0.29, 0.717) is 71.2 Å². The number of phenols is 2. The average Bonchev–Trinajstić information content (AvgIpc) is 3.12. The van der Waals surface area contributed by atoms with Crippen LogP contribution in [0.1, 0.15) is 82.6 Å². The van der Waals surface area contributed by atoms with Crippen molar-refractivity contribution in [3.63, 3.8) is 0 Å². The van der Waals surface area contributed by atoms with Crippen LogP contribution in [0.4, 0.5) is 0 Å². The number of aromatic hydroxyl groups is 2. The molecule has 2 atom stereocenters. The Balaban J connectivity index is 2.26. The second-order valence-electron chi connectivity index (χ2n) is 13.0. The Hall–Kier alpha value is -4.52. The van der Waals surface area contributed by atoms with Crippen LogP contribution in [0.3, 0.4) is 0 Å². The summed E-state index contributed by atoms with van der Waals surface area (Å²) < 4.78 is 0. The van der Waals surface area contributed by atoms with Crippen LogP contribution in [0.5, 0.6) is 11.5 Å². The summed E-state index contributed by atoms with van der Waals surface area (Å²) in [6.07, 6.45) is 6.32. The van der Waals surface area contributed by atoms with Crippen molar-refractivity contribution < 1.29 is 39.0 Å². The molecule has 2 unspecified atom stereocenters. The number of hydrogen-bond donors (Lipinski definition) is 12. The van der Waals surface area contributed by atoms with Crippen LogP contribution in [0.2, 0.25) is 0 Å². The van der Waals surface area contributed by atoms with Gasteiger partial charge in [-0.25, -0.2) is 0 Å². The van der Waals surface area contributed by atoms with Gasteiger partial charge in [-0.3, -0.25) is 28.8 Å². The van der Waals surface area contributed by atoms with Crippen LogP contribution in [-0.2, 0) is 35.2 Å².